The first kappa shape index (κ1) is 17.9. The van der Waals surface area contributed by atoms with Crippen molar-refractivity contribution in [3.63, 3.8) is 0 Å². The molecule has 2 aromatic rings. The number of furan rings is 1. The van der Waals surface area contributed by atoms with Crippen LogP contribution in [0.15, 0.2) is 39.4 Å². The molecule has 0 aliphatic carbocycles. The van der Waals surface area contributed by atoms with Crippen molar-refractivity contribution in [1.82, 2.24) is 4.90 Å². The smallest absolute Gasteiger partial charge is 0.289 e. The highest BCUT2D eigenvalue weighted by Gasteiger charge is 2.19. The number of likely N-dealkylation sites (N-methyl/N-ethyl adjacent to an activating group) is 1. The maximum Gasteiger partial charge on any atom is 0.289 e. The molecule has 128 valence electrons. The number of carbonyl (C=O) groups is 2. The molecule has 0 saturated heterocycles. The number of halogens is 1. The van der Waals surface area contributed by atoms with E-state index in [1.165, 1.54) is 25.1 Å². The van der Waals surface area contributed by atoms with E-state index in [2.05, 4.69) is 21.2 Å². The van der Waals surface area contributed by atoms with E-state index in [0.29, 0.717) is 21.9 Å². The molecule has 0 radical (unpaired) electrons. The summed E-state index contributed by atoms with van der Waals surface area (Å²) in [4.78, 5) is 25.6. The van der Waals surface area contributed by atoms with Gasteiger partial charge in [0.2, 0.25) is 5.91 Å². The minimum absolute atomic E-state index is 0.133. The second-order valence-corrected chi connectivity index (χ2v) is 5.66. The van der Waals surface area contributed by atoms with Gasteiger partial charge in [-0.3, -0.25) is 9.59 Å². The first-order valence-electron chi connectivity index (χ1n) is 6.97. The molecule has 0 spiro atoms. The van der Waals surface area contributed by atoms with Crippen LogP contribution in [0.3, 0.4) is 0 Å². The number of benzene rings is 1. The number of rotatable bonds is 6. The predicted molar refractivity (Wildman–Crippen MR) is 91.5 cm³/mol. The van der Waals surface area contributed by atoms with Crippen molar-refractivity contribution < 1.29 is 23.5 Å². The SMILES string of the molecule is COc1ccc(NC(=O)CN(C)C(=O)c2ccc(Br)o2)c(OC)c1. The van der Waals surface area contributed by atoms with Gasteiger partial charge >= 0.3 is 0 Å². The van der Waals surface area contributed by atoms with Crippen LogP contribution in [0.1, 0.15) is 10.6 Å². The molecule has 0 atom stereocenters. The Kier molecular flexibility index (Phi) is 5.86. The predicted octanol–water partition coefficient (Wildman–Crippen LogP) is 2.77. The molecule has 24 heavy (non-hydrogen) atoms. The van der Waals surface area contributed by atoms with E-state index in [0.717, 1.165) is 0 Å². The van der Waals surface area contributed by atoms with Gasteiger partial charge in [-0.05, 0) is 40.2 Å². The zero-order chi connectivity index (χ0) is 17.7. The Morgan fingerprint density at radius 1 is 1.21 bits per heavy atom. The summed E-state index contributed by atoms with van der Waals surface area (Å²) in [6.07, 6.45) is 0. The molecule has 8 heteroatoms. The van der Waals surface area contributed by atoms with Gasteiger partial charge in [0.15, 0.2) is 10.4 Å². The van der Waals surface area contributed by atoms with E-state index in [1.807, 2.05) is 0 Å². The Morgan fingerprint density at radius 2 is 1.96 bits per heavy atom. The van der Waals surface area contributed by atoms with Crippen LogP contribution in [-0.2, 0) is 4.79 Å². The second-order valence-electron chi connectivity index (χ2n) is 4.88. The van der Waals surface area contributed by atoms with Crippen LogP contribution >= 0.6 is 15.9 Å². The summed E-state index contributed by atoms with van der Waals surface area (Å²) in [7, 11) is 4.55. The van der Waals surface area contributed by atoms with Crippen LogP contribution in [0, 0.1) is 0 Å². The third-order valence-corrected chi connectivity index (χ3v) is 3.62. The highest BCUT2D eigenvalue weighted by molar-refractivity contribution is 9.10. The molecular formula is C16H17BrN2O5. The van der Waals surface area contributed by atoms with Gasteiger partial charge in [0.1, 0.15) is 11.5 Å². The van der Waals surface area contributed by atoms with Crippen LogP contribution in [0.25, 0.3) is 0 Å². The van der Waals surface area contributed by atoms with E-state index in [4.69, 9.17) is 13.9 Å². The molecule has 1 aromatic heterocycles. The number of nitrogens with zero attached hydrogens (tertiary/aromatic N) is 1. The third-order valence-electron chi connectivity index (χ3n) is 3.19. The van der Waals surface area contributed by atoms with Crippen molar-refractivity contribution >= 4 is 33.4 Å². The molecular weight excluding hydrogens is 380 g/mol. The molecule has 2 amide bonds. The molecule has 7 nitrogen and oxygen atoms in total. The molecule has 0 aliphatic heterocycles. The van der Waals surface area contributed by atoms with Gasteiger partial charge < -0.3 is 24.1 Å². The third kappa shape index (κ3) is 4.29. The quantitative estimate of drug-likeness (QED) is 0.811. The summed E-state index contributed by atoms with van der Waals surface area (Å²) in [5.74, 6) is 0.476. The number of methoxy groups -OCH3 is 2. The van der Waals surface area contributed by atoms with Crippen LogP contribution in [-0.4, -0.2) is 44.5 Å². The summed E-state index contributed by atoms with van der Waals surface area (Å²) in [6, 6.07) is 8.18. The second kappa shape index (κ2) is 7.87. The Bertz CT molecular complexity index is 744. The van der Waals surface area contributed by atoms with Crippen LogP contribution in [0.4, 0.5) is 5.69 Å². The number of hydrogen-bond donors (Lipinski definition) is 1. The fourth-order valence-electron chi connectivity index (χ4n) is 2.00. The molecule has 2 rings (SSSR count). The Morgan fingerprint density at radius 3 is 2.54 bits per heavy atom. The van der Waals surface area contributed by atoms with Gasteiger partial charge in [0.05, 0.1) is 26.5 Å². The topological polar surface area (TPSA) is 81.0 Å². The summed E-state index contributed by atoms with van der Waals surface area (Å²) in [6.45, 7) is -0.133. The van der Waals surface area contributed by atoms with Crippen molar-refractivity contribution in [3.05, 3.63) is 40.8 Å². The van der Waals surface area contributed by atoms with E-state index in [1.54, 1.807) is 31.4 Å². The van der Waals surface area contributed by atoms with Gasteiger partial charge in [0, 0.05) is 13.1 Å². The highest BCUT2D eigenvalue weighted by atomic mass is 79.9. The monoisotopic (exact) mass is 396 g/mol. The fraction of sp³-hybridized carbons (Fsp3) is 0.250. The summed E-state index contributed by atoms with van der Waals surface area (Å²) >= 11 is 3.13. The summed E-state index contributed by atoms with van der Waals surface area (Å²) < 4.78 is 16.0. The maximum atomic E-state index is 12.2. The number of amides is 2. The minimum Gasteiger partial charge on any atom is -0.497 e. The van der Waals surface area contributed by atoms with Gasteiger partial charge in [-0.25, -0.2) is 0 Å². The van der Waals surface area contributed by atoms with E-state index in [-0.39, 0.29) is 18.2 Å². The first-order valence-corrected chi connectivity index (χ1v) is 7.76. The van der Waals surface area contributed by atoms with Gasteiger partial charge in [-0.2, -0.15) is 0 Å². The Hall–Kier alpha value is -2.48. The first-order chi connectivity index (χ1) is 11.4. The van der Waals surface area contributed by atoms with Crippen molar-refractivity contribution in [1.29, 1.82) is 0 Å². The number of carbonyl (C=O) groups excluding carboxylic acids is 2. The van der Waals surface area contributed by atoms with Crippen molar-refractivity contribution in [3.8, 4) is 11.5 Å². The van der Waals surface area contributed by atoms with E-state index < -0.39 is 5.91 Å². The number of ether oxygens (including phenoxy) is 2. The molecule has 0 unspecified atom stereocenters. The van der Waals surface area contributed by atoms with Crippen LogP contribution in [0.5, 0.6) is 11.5 Å². The minimum atomic E-state index is -0.391. The molecule has 1 aromatic carbocycles. The lowest BCUT2D eigenvalue weighted by molar-refractivity contribution is -0.116. The fourth-order valence-corrected chi connectivity index (χ4v) is 2.30. The van der Waals surface area contributed by atoms with Gasteiger partial charge in [-0.1, -0.05) is 0 Å². The lowest BCUT2D eigenvalue weighted by Gasteiger charge is -2.16. The summed E-state index contributed by atoms with van der Waals surface area (Å²) in [5, 5.41) is 2.70. The molecule has 0 saturated carbocycles. The van der Waals surface area contributed by atoms with Gasteiger partial charge in [-0.15, -0.1) is 0 Å². The lowest BCUT2D eigenvalue weighted by atomic mass is 10.2. The van der Waals surface area contributed by atoms with Crippen molar-refractivity contribution in [2.24, 2.45) is 0 Å². The van der Waals surface area contributed by atoms with Crippen LogP contribution in [0.2, 0.25) is 0 Å². The number of hydrogen-bond acceptors (Lipinski definition) is 5. The normalized spacial score (nSPS) is 10.2. The number of nitrogens with one attached hydrogen (secondary N) is 1. The largest absolute Gasteiger partial charge is 0.497 e. The number of anilines is 1. The Labute approximate surface area is 147 Å². The average Bonchev–Trinajstić information content (AvgIpc) is 3.00. The zero-order valence-corrected chi connectivity index (χ0v) is 15.0. The van der Waals surface area contributed by atoms with Crippen molar-refractivity contribution in [2.75, 3.05) is 33.1 Å². The molecule has 0 aliphatic rings. The van der Waals surface area contributed by atoms with Crippen molar-refractivity contribution in [2.45, 2.75) is 0 Å². The lowest BCUT2D eigenvalue weighted by Crippen LogP contribution is -2.34. The summed E-state index contributed by atoms with van der Waals surface area (Å²) in [5.41, 5.74) is 0.491. The highest BCUT2D eigenvalue weighted by Crippen LogP contribution is 2.28. The molecule has 1 heterocycles. The maximum absolute atomic E-state index is 12.2. The van der Waals surface area contributed by atoms with Crippen LogP contribution < -0.4 is 14.8 Å². The molecule has 0 fully saturated rings. The molecule has 0 bridgehead atoms. The average molecular weight is 397 g/mol. The Balaban J connectivity index is 2.01. The van der Waals surface area contributed by atoms with E-state index in [9.17, 15) is 9.59 Å². The van der Waals surface area contributed by atoms with Gasteiger partial charge in [0.25, 0.3) is 5.91 Å². The zero-order valence-electron chi connectivity index (χ0n) is 13.5. The standard InChI is InChI=1S/C16H17BrN2O5/c1-19(16(21)12-6-7-14(17)24-12)9-15(20)18-11-5-4-10(22-2)8-13(11)23-3/h4-8H,9H2,1-3H3,(H,18,20). The van der Waals surface area contributed by atoms with E-state index >= 15 is 0 Å². The molecule has 1 N–H and O–H groups in total.